The van der Waals surface area contributed by atoms with Gasteiger partial charge >= 0.3 is 0 Å². The Balaban J connectivity index is 2.45. The van der Waals surface area contributed by atoms with Crippen molar-refractivity contribution in [3.05, 3.63) is 35.9 Å². The van der Waals surface area contributed by atoms with Crippen molar-refractivity contribution < 1.29 is 8.42 Å². The molecule has 0 aliphatic heterocycles. The van der Waals surface area contributed by atoms with E-state index in [1.165, 1.54) is 0 Å². The van der Waals surface area contributed by atoms with Crippen LogP contribution in [0.3, 0.4) is 0 Å². The molecule has 1 atom stereocenters. The summed E-state index contributed by atoms with van der Waals surface area (Å²) in [5, 5.41) is -0.333. The molecule has 1 unspecified atom stereocenters. The van der Waals surface area contributed by atoms with Gasteiger partial charge in [-0.05, 0) is 17.9 Å². The van der Waals surface area contributed by atoms with Crippen LogP contribution in [-0.4, -0.2) is 20.7 Å². The Morgan fingerprint density at radius 1 is 1.22 bits per heavy atom. The van der Waals surface area contributed by atoms with Crippen LogP contribution in [0.25, 0.3) is 0 Å². The van der Waals surface area contributed by atoms with E-state index in [-0.39, 0.29) is 17.7 Å². The molecule has 0 saturated heterocycles. The molecule has 102 valence electrons. The maximum absolute atomic E-state index is 11.7. The molecule has 1 rings (SSSR count). The van der Waals surface area contributed by atoms with E-state index in [2.05, 4.69) is 4.72 Å². The van der Waals surface area contributed by atoms with Gasteiger partial charge in [-0.15, -0.1) is 11.6 Å². The fourth-order valence-electron chi connectivity index (χ4n) is 1.44. The lowest BCUT2D eigenvalue weighted by molar-refractivity contribution is 0.561. The highest BCUT2D eigenvalue weighted by molar-refractivity contribution is 7.89. The fourth-order valence-corrected chi connectivity index (χ4v) is 3.10. The van der Waals surface area contributed by atoms with E-state index in [0.717, 1.165) is 5.56 Å². The molecule has 0 aliphatic rings. The number of rotatable bonds is 7. The van der Waals surface area contributed by atoms with Gasteiger partial charge in [-0.2, -0.15) is 0 Å². The molecule has 0 heterocycles. The van der Waals surface area contributed by atoms with Gasteiger partial charge in [0.05, 0.1) is 11.1 Å². The van der Waals surface area contributed by atoms with E-state index in [9.17, 15) is 8.42 Å². The molecular weight excluding hydrogens is 270 g/mol. The highest BCUT2D eigenvalue weighted by Gasteiger charge is 2.14. The number of nitrogens with one attached hydrogen (secondary N) is 1. The van der Waals surface area contributed by atoms with E-state index in [0.29, 0.717) is 12.3 Å². The molecule has 1 aromatic rings. The quantitative estimate of drug-likeness (QED) is 0.785. The van der Waals surface area contributed by atoms with Gasteiger partial charge in [0.2, 0.25) is 10.0 Å². The summed E-state index contributed by atoms with van der Waals surface area (Å²) in [6, 6.07) is 9.45. The van der Waals surface area contributed by atoms with Crippen LogP contribution in [0.1, 0.15) is 31.2 Å². The molecule has 0 saturated carbocycles. The number of halogens is 1. The monoisotopic (exact) mass is 289 g/mol. The summed E-state index contributed by atoms with van der Waals surface area (Å²) < 4.78 is 26.0. The Morgan fingerprint density at radius 3 is 2.39 bits per heavy atom. The van der Waals surface area contributed by atoms with Crippen LogP contribution in [0.15, 0.2) is 30.3 Å². The van der Waals surface area contributed by atoms with Gasteiger partial charge in [0.25, 0.3) is 0 Å². The zero-order valence-corrected chi connectivity index (χ0v) is 12.3. The standard InChI is InChI=1S/C13H20ClNO2S/c1-11(2)8-9-18(16,17)15-10-13(14)12-6-4-3-5-7-12/h3-7,11,13,15H,8-10H2,1-2H3. The number of hydrogen-bond acceptors (Lipinski definition) is 2. The molecule has 5 heteroatoms. The number of benzene rings is 1. The second kappa shape index (κ2) is 7.12. The number of hydrogen-bond donors (Lipinski definition) is 1. The topological polar surface area (TPSA) is 46.2 Å². The molecule has 1 N–H and O–H groups in total. The zero-order chi connectivity index (χ0) is 13.6. The van der Waals surface area contributed by atoms with Crippen LogP contribution in [0.2, 0.25) is 0 Å². The number of sulfonamides is 1. The van der Waals surface area contributed by atoms with Crippen LogP contribution in [0.5, 0.6) is 0 Å². The van der Waals surface area contributed by atoms with Crippen LogP contribution in [0, 0.1) is 5.92 Å². The third kappa shape index (κ3) is 5.85. The van der Waals surface area contributed by atoms with Gasteiger partial charge < -0.3 is 0 Å². The molecule has 0 fully saturated rings. The smallest absolute Gasteiger partial charge is 0.211 e. The normalized spacial score (nSPS) is 13.8. The zero-order valence-electron chi connectivity index (χ0n) is 10.8. The minimum atomic E-state index is -3.21. The van der Waals surface area contributed by atoms with Gasteiger partial charge in [-0.1, -0.05) is 44.2 Å². The van der Waals surface area contributed by atoms with Crippen molar-refractivity contribution in [3.63, 3.8) is 0 Å². The molecule has 3 nitrogen and oxygen atoms in total. The van der Waals surface area contributed by atoms with Gasteiger partial charge in [0.1, 0.15) is 0 Å². The molecule has 18 heavy (non-hydrogen) atoms. The van der Waals surface area contributed by atoms with E-state index in [1.54, 1.807) is 0 Å². The first-order valence-corrected chi connectivity index (χ1v) is 8.16. The van der Waals surface area contributed by atoms with Crippen molar-refractivity contribution in [2.45, 2.75) is 25.6 Å². The Bertz CT molecular complexity index is 445. The third-order valence-electron chi connectivity index (χ3n) is 2.61. The van der Waals surface area contributed by atoms with Crippen molar-refractivity contribution in [3.8, 4) is 0 Å². The Hall–Kier alpha value is -0.580. The fraction of sp³-hybridized carbons (Fsp3) is 0.538. The first-order valence-electron chi connectivity index (χ1n) is 6.07. The van der Waals surface area contributed by atoms with E-state index >= 15 is 0 Å². The van der Waals surface area contributed by atoms with E-state index < -0.39 is 10.0 Å². The Labute approximate surface area is 115 Å². The molecule has 0 aromatic heterocycles. The Kier molecular flexibility index (Phi) is 6.12. The summed E-state index contributed by atoms with van der Waals surface area (Å²) in [6.07, 6.45) is 0.660. The van der Waals surface area contributed by atoms with Crippen molar-refractivity contribution in [1.29, 1.82) is 0 Å². The SMILES string of the molecule is CC(C)CCS(=O)(=O)NCC(Cl)c1ccccc1. The summed E-state index contributed by atoms with van der Waals surface area (Å²) in [7, 11) is -3.21. The Morgan fingerprint density at radius 2 is 1.83 bits per heavy atom. The minimum absolute atomic E-state index is 0.156. The van der Waals surface area contributed by atoms with Crippen molar-refractivity contribution >= 4 is 21.6 Å². The maximum atomic E-state index is 11.7. The molecule has 0 bridgehead atoms. The molecule has 0 radical (unpaired) electrons. The van der Waals surface area contributed by atoms with Crippen molar-refractivity contribution in [1.82, 2.24) is 4.72 Å². The molecule has 0 spiro atoms. The predicted molar refractivity (Wildman–Crippen MR) is 76.3 cm³/mol. The summed E-state index contributed by atoms with van der Waals surface area (Å²) >= 11 is 6.15. The average molecular weight is 290 g/mol. The highest BCUT2D eigenvalue weighted by atomic mass is 35.5. The second-order valence-electron chi connectivity index (χ2n) is 4.73. The lowest BCUT2D eigenvalue weighted by Gasteiger charge is -2.12. The van der Waals surface area contributed by atoms with Crippen molar-refractivity contribution in [2.24, 2.45) is 5.92 Å². The van der Waals surface area contributed by atoms with Gasteiger partial charge in [-0.3, -0.25) is 0 Å². The van der Waals surface area contributed by atoms with Gasteiger partial charge in [-0.25, -0.2) is 13.1 Å². The lowest BCUT2D eigenvalue weighted by Crippen LogP contribution is -2.29. The predicted octanol–water partition coefficient (Wildman–Crippen LogP) is 2.93. The lowest BCUT2D eigenvalue weighted by atomic mass is 10.1. The first kappa shape index (κ1) is 15.5. The van der Waals surface area contributed by atoms with Crippen LogP contribution in [0.4, 0.5) is 0 Å². The van der Waals surface area contributed by atoms with Gasteiger partial charge in [0, 0.05) is 6.54 Å². The molecule has 0 amide bonds. The van der Waals surface area contributed by atoms with Crippen molar-refractivity contribution in [2.75, 3.05) is 12.3 Å². The van der Waals surface area contributed by atoms with E-state index in [4.69, 9.17) is 11.6 Å². The van der Waals surface area contributed by atoms with E-state index in [1.807, 2.05) is 44.2 Å². The minimum Gasteiger partial charge on any atom is -0.213 e. The highest BCUT2D eigenvalue weighted by Crippen LogP contribution is 2.19. The summed E-state index contributed by atoms with van der Waals surface area (Å²) in [4.78, 5) is 0. The first-order chi connectivity index (χ1) is 8.41. The second-order valence-corrected chi connectivity index (χ2v) is 7.18. The summed E-state index contributed by atoms with van der Waals surface area (Å²) in [5.74, 6) is 0.533. The number of alkyl halides is 1. The molecule has 1 aromatic carbocycles. The van der Waals surface area contributed by atoms with Gasteiger partial charge in [0.15, 0.2) is 0 Å². The van der Waals surface area contributed by atoms with Crippen LogP contribution < -0.4 is 4.72 Å². The molecule has 0 aliphatic carbocycles. The summed E-state index contributed by atoms with van der Waals surface area (Å²) in [6.45, 7) is 4.24. The average Bonchev–Trinajstić information content (AvgIpc) is 2.35. The summed E-state index contributed by atoms with van der Waals surface area (Å²) in [5.41, 5.74) is 0.922. The van der Waals surface area contributed by atoms with Crippen LogP contribution >= 0.6 is 11.6 Å². The molecular formula is C13H20ClNO2S. The maximum Gasteiger partial charge on any atom is 0.211 e. The largest absolute Gasteiger partial charge is 0.213 e. The third-order valence-corrected chi connectivity index (χ3v) is 4.39. The van der Waals surface area contributed by atoms with Crippen LogP contribution in [-0.2, 0) is 10.0 Å².